The molecule has 4 nitrogen and oxygen atoms in total. The van der Waals surface area contributed by atoms with Crippen molar-refractivity contribution in [1.29, 1.82) is 5.26 Å². The van der Waals surface area contributed by atoms with Crippen molar-refractivity contribution in [3.05, 3.63) is 35.9 Å². The zero-order valence-corrected chi connectivity index (χ0v) is 12.5. The lowest BCUT2D eigenvalue weighted by molar-refractivity contribution is 0.129. The molecule has 1 N–H and O–H groups in total. The summed E-state index contributed by atoms with van der Waals surface area (Å²) in [6, 6.07) is 12.6. The summed E-state index contributed by atoms with van der Waals surface area (Å²) in [4.78, 5) is 4.72. The number of nitrogens with zero attached hydrogens (tertiary/aromatic N) is 3. The molecule has 108 valence electrons. The maximum Gasteiger partial charge on any atom is 0.145 e. The van der Waals surface area contributed by atoms with Gasteiger partial charge in [0.15, 0.2) is 0 Å². The minimum atomic E-state index is -0.605. The van der Waals surface area contributed by atoms with Crippen molar-refractivity contribution in [3.8, 4) is 6.07 Å². The van der Waals surface area contributed by atoms with Crippen molar-refractivity contribution in [1.82, 2.24) is 15.1 Å². The van der Waals surface area contributed by atoms with E-state index in [-0.39, 0.29) is 0 Å². The van der Waals surface area contributed by atoms with Crippen LogP contribution in [0.3, 0.4) is 0 Å². The second-order valence-electron chi connectivity index (χ2n) is 5.49. The van der Waals surface area contributed by atoms with Gasteiger partial charge in [-0.1, -0.05) is 37.3 Å². The van der Waals surface area contributed by atoms with Gasteiger partial charge in [0, 0.05) is 32.7 Å². The number of piperazine rings is 1. The quantitative estimate of drug-likeness (QED) is 0.876. The first-order chi connectivity index (χ1) is 9.70. The van der Waals surface area contributed by atoms with Crippen molar-refractivity contribution < 1.29 is 0 Å². The number of likely N-dealkylation sites (N-methyl/N-ethyl adjacent to an activating group) is 2. The number of hydrogen-bond donors (Lipinski definition) is 1. The van der Waals surface area contributed by atoms with Gasteiger partial charge in [0.2, 0.25) is 0 Å². The van der Waals surface area contributed by atoms with Gasteiger partial charge in [-0.3, -0.25) is 10.2 Å². The number of rotatable bonds is 5. The van der Waals surface area contributed by atoms with Crippen LogP contribution >= 0.6 is 0 Å². The molecule has 1 aliphatic heterocycles. The fourth-order valence-corrected chi connectivity index (χ4v) is 2.75. The Kier molecular flexibility index (Phi) is 5.13. The lowest BCUT2D eigenvalue weighted by Gasteiger charge is -2.38. The summed E-state index contributed by atoms with van der Waals surface area (Å²) >= 11 is 0. The molecule has 1 aliphatic rings. The Bertz CT molecular complexity index is 445. The Morgan fingerprint density at radius 1 is 1.20 bits per heavy atom. The zero-order chi connectivity index (χ0) is 14.4. The molecule has 0 amide bonds. The predicted octanol–water partition coefficient (Wildman–Crippen LogP) is 1.26. The first kappa shape index (κ1) is 15.0. The highest BCUT2D eigenvalue weighted by atomic mass is 15.3. The Morgan fingerprint density at radius 2 is 1.85 bits per heavy atom. The Labute approximate surface area is 122 Å². The van der Waals surface area contributed by atoms with Crippen molar-refractivity contribution in [2.45, 2.75) is 12.5 Å². The fraction of sp³-hybridized carbons (Fsp3) is 0.562. The lowest BCUT2D eigenvalue weighted by Crippen LogP contribution is -2.54. The van der Waals surface area contributed by atoms with Crippen LogP contribution in [0.2, 0.25) is 0 Å². The molecule has 0 spiro atoms. The van der Waals surface area contributed by atoms with Crippen LogP contribution in [0.4, 0.5) is 0 Å². The van der Waals surface area contributed by atoms with E-state index in [1.165, 1.54) is 0 Å². The van der Waals surface area contributed by atoms with Crippen molar-refractivity contribution >= 4 is 0 Å². The van der Waals surface area contributed by atoms with Crippen LogP contribution in [0.5, 0.6) is 0 Å². The largest absolute Gasteiger partial charge is 0.304 e. The van der Waals surface area contributed by atoms with E-state index in [1.54, 1.807) is 0 Å². The topological polar surface area (TPSA) is 42.3 Å². The average molecular weight is 272 g/mol. The summed E-state index contributed by atoms with van der Waals surface area (Å²) < 4.78 is 0. The van der Waals surface area contributed by atoms with E-state index < -0.39 is 5.54 Å². The molecule has 0 bridgehead atoms. The van der Waals surface area contributed by atoms with Crippen molar-refractivity contribution in [2.24, 2.45) is 0 Å². The van der Waals surface area contributed by atoms with Gasteiger partial charge in [-0.2, -0.15) is 5.26 Å². The lowest BCUT2D eigenvalue weighted by atomic mass is 9.90. The molecule has 0 aliphatic carbocycles. The molecule has 1 aromatic carbocycles. The Hall–Kier alpha value is -1.41. The molecule has 0 radical (unpaired) electrons. The zero-order valence-electron chi connectivity index (χ0n) is 12.5. The number of hydrogen-bond acceptors (Lipinski definition) is 4. The third kappa shape index (κ3) is 3.37. The first-order valence-electron chi connectivity index (χ1n) is 7.33. The van der Waals surface area contributed by atoms with Gasteiger partial charge in [-0.25, -0.2) is 0 Å². The van der Waals surface area contributed by atoms with E-state index in [4.69, 9.17) is 0 Å². The van der Waals surface area contributed by atoms with Gasteiger partial charge in [-0.05, 0) is 19.2 Å². The molecule has 1 unspecified atom stereocenters. The highest BCUT2D eigenvalue weighted by molar-refractivity contribution is 5.32. The van der Waals surface area contributed by atoms with Gasteiger partial charge >= 0.3 is 0 Å². The molecule has 1 atom stereocenters. The normalized spacial score (nSPS) is 20.2. The summed E-state index contributed by atoms with van der Waals surface area (Å²) in [5.74, 6) is 0. The van der Waals surface area contributed by atoms with Crippen molar-refractivity contribution in [3.63, 3.8) is 0 Å². The van der Waals surface area contributed by atoms with Crippen LogP contribution in [0, 0.1) is 11.3 Å². The van der Waals surface area contributed by atoms with Gasteiger partial charge in [0.05, 0.1) is 6.07 Å². The maximum atomic E-state index is 9.79. The van der Waals surface area contributed by atoms with Gasteiger partial charge in [0.1, 0.15) is 5.54 Å². The summed E-state index contributed by atoms with van der Waals surface area (Å²) in [5, 5.41) is 13.2. The highest BCUT2D eigenvalue weighted by Crippen LogP contribution is 2.22. The molecule has 4 heteroatoms. The van der Waals surface area contributed by atoms with Gasteiger partial charge in [0.25, 0.3) is 0 Å². The van der Waals surface area contributed by atoms with E-state index in [0.717, 1.165) is 44.8 Å². The second kappa shape index (κ2) is 6.85. The Morgan fingerprint density at radius 3 is 2.40 bits per heavy atom. The molecule has 1 heterocycles. The van der Waals surface area contributed by atoms with E-state index in [0.29, 0.717) is 0 Å². The summed E-state index contributed by atoms with van der Waals surface area (Å²) in [6.07, 6.45) is 0. The van der Waals surface area contributed by atoms with Crippen LogP contribution in [0.1, 0.15) is 12.5 Å². The number of benzene rings is 1. The SMILES string of the molecule is CCNC(C#N)(CN1CCN(C)CC1)c1ccccc1. The fourth-order valence-electron chi connectivity index (χ4n) is 2.75. The number of nitrogens with one attached hydrogen (secondary N) is 1. The van der Waals surface area contributed by atoms with E-state index in [9.17, 15) is 5.26 Å². The van der Waals surface area contributed by atoms with E-state index in [1.807, 2.05) is 30.3 Å². The van der Waals surface area contributed by atoms with Crippen LogP contribution in [0.15, 0.2) is 30.3 Å². The number of nitriles is 1. The molecule has 1 fully saturated rings. The summed E-state index contributed by atoms with van der Waals surface area (Å²) in [6.45, 7) is 7.78. The van der Waals surface area contributed by atoms with E-state index >= 15 is 0 Å². The molecule has 20 heavy (non-hydrogen) atoms. The van der Waals surface area contributed by atoms with E-state index in [2.05, 4.69) is 35.2 Å². The molecule has 2 rings (SSSR count). The Balaban J connectivity index is 2.17. The monoisotopic (exact) mass is 272 g/mol. The van der Waals surface area contributed by atoms with Crippen LogP contribution < -0.4 is 5.32 Å². The van der Waals surface area contributed by atoms with Gasteiger partial charge < -0.3 is 4.90 Å². The second-order valence-corrected chi connectivity index (χ2v) is 5.49. The summed E-state index contributed by atoms with van der Waals surface area (Å²) in [5.41, 5.74) is 0.453. The standard InChI is InChI=1S/C16H24N4/c1-3-18-16(13-17,15-7-5-4-6-8-15)14-20-11-9-19(2)10-12-20/h4-8,18H,3,9-12,14H2,1-2H3. The molecular formula is C16H24N4. The van der Waals surface area contributed by atoms with Crippen LogP contribution in [-0.2, 0) is 5.54 Å². The average Bonchev–Trinajstić information content (AvgIpc) is 2.50. The molecule has 0 saturated carbocycles. The minimum Gasteiger partial charge on any atom is -0.304 e. The predicted molar refractivity (Wildman–Crippen MR) is 81.3 cm³/mol. The van der Waals surface area contributed by atoms with Crippen molar-refractivity contribution in [2.75, 3.05) is 46.3 Å². The third-order valence-corrected chi connectivity index (χ3v) is 3.99. The summed E-state index contributed by atoms with van der Waals surface area (Å²) in [7, 11) is 2.15. The van der Waals surface area contributed by atoms with Gasteiger partial charge in [-0.15, -0.1) is 0 Å². The minimum absolute atomic E-state index is 0.605. The van der Waals surface area contributed by atoms with Crippen LogP contribution in [-0.4, -0.2) is 56.1 Å². The molecule has 1 saturated heterocycles. The maximum absolute atomic E-state index is 9.79. The first-order valence-corrected chi connectivity index (χ1v) is 7.33. The molecule has 0 aromatic heterocycles. The highest BCUT2D eigenvalue weighted by Gasteiger charge is 2.34. The van der Waals surface area contributed by atoms with Crippen LogP contribution in [0.25, 0.3) is 0 Å². The smallest absolute Gasteiger partial charge is 0.145 e. The third-order valence-electron chi connectivity index (χ3n) is 3.99. The molecular weight excluding hydrogens is 248 g/mol. The molecule has 1 aromatic rings.